The zero-order valence-corrected chi connectivity index (χ0v) is 4.72. The summed E-state index contributed by atoms with van der Waals surface area (Å²) in [5.74, 6) is 0. The van der Waals surface area contributed by atoms with E-state index in [1.54, 1.807) is 0 Å². The van der Waals surface area contributed by atoms with Crippen LogP contribution < -0.4 is 0 Å². The van der Waals surface area contributed by atoms with E-state index in [0.29, 0.717) is 0 Å². The minimum absolute atomic E-state index is 1.81. The quantitative estimate of drug-likeness (QED) is 0.304. The second kappa shape index (κ2) is 3.66. The lowest BCUT2D eigenvalue weighted by Crippen LogP contribution is -2.04. The summed E-state index contributed by atoms with van der Waals surface area (Å²) < 4.78 is 25.5. The van der Waals surface area contributed by atoms with E-state index < -0.39 is 15.8 Å². The zero-order valence-electron chi connectivity index (χ0n) is 3.30. The molecule has 0 saturated heterocycles. The molecule has 0 amide bonds. The van der Waals surface area contributed by atoms with Crippen LogP contribution in [0.1, 0.15) is 0 Å². The standard InChI is InChI=1S/CH3F2NO2Si/c2-1(3)7-6-4-5/h1H,7H2. The molecule has 0 fully saturated rings. The third-order valence-electron chi connectivity index (χ3n) is 0.253. The molecule has 0 aromatic carbocycles. The molecule has 0 N–H and O–H groups in total. The summed E-state index contributed by atoms with van der Waals surface area (Å²) in [7, 11) is -1.97. The summed E-state index contributed by atoms with van der Waals surface area (Å²) in [5, 5.41) is 1.81. The Morgan fingerprint density at radius 2 is 2.29 bits per heavy atom. The van der Waals surface area contributed by atoms with Gasteiger partial charge in [0.15, 0.2) is 0 Å². The second-order valence-electron chi connectivity index (χ2n) is 0.761. The Bertz CT molecular complexity index is 59.7. The Kier molecular flexibility index (Phi) is 3.39. The summed E-state index contributed by atoms with van der Waals surface area (Å²) in [4.78, 5) is 8.94. The van der Waals surface area contributed by atoms with E-state index in [9.17, 15) is 8.78 Å². The van der Waals surface area contributed by atoms with E-state index in [0.717, 1.165) is 0 Å². The van der Waals surface area contributed by atoms with Gasteiger partial charge < -0.3 is 4.53 Å². The maximum atomic E-state index is 11.0. The lowest BCUT2D eigenvalue weighted by atomic mass is 11.7. The van der Waals surface area contributed by atoms with Crippen LogP contribution in [0.3, 0.4) is 0 Å². The molecular formula is CH3F2NO2Si. The number of hydrogen-bond donors (Lipinski definition) is 0. The van der Waals surface area contributed by atoms with Gasteiger partial charge >= 0.3 is 9.76 Å². The van der Waals surface area contributed by atoms with E-state index in [1.807, 2.05) is 5.34 Å². The fourth-order valence-corrected chi connectivity index (χ4v) is 0.260. The Hall–Kier alpha value is -0.523. The molecule has 42 valence electrons. The van der Waals surface area contributed by atoms with Crippen molar-refractivity contribution in [1.29, 1.82) is 0 Å². The molecule has 0 rings (SSSR count). The number of halogens is 2. The first kappa shape index (κ1) is 6.48. The van der Waals surface area contributed by atoms with Gasteiger partial charge in [0, 0.05) is 0 Å². The van der Waals surface area contributed by atoms with Gasteiger partial charge in [0.1, 0.15) is 5.34 Å². The van der Waals surface area contributed by atoms with E-state index >= 15 is 0 Å². The first-order chi connectivity index (χ1) is 3.27. The smallest absolute Gasteiger partial charge is 0.334 e. The molecular weight excluding hydrogens is 124 g/mol. The summed E-state index contributed by atoms with van der Waals surface area (Å²) in [6, 6.07) is -2.47. The van der Waals surface area contributed by atoms with Crippen LogP contribution in [0.25, 0.3) is 0 Å². The number of alkyl halides is 2. The monoisotopic (exact) mass is 127 g/mol. The Labute approximate surface area is 40.5 Å². The fourth-order valence-electron chi connectivity index (χ4n) is 0.0868. The van der Waals surface area contributed by atoms with Crippen LogP contribution >= 0.6 is 0 Å². The molecule has 0 saturated carbocycles. The van der Waals surface area contributed by atoms with E-state index in [2.05, 4.69) is 4.53 Å². The predicted octanol–water partition coefficient (Wildman–Crippen LogP) is -0.00920. The normalized spacial score (nSPS) is 10.7. The van der Waals surface area contributed by atoms with Gasteiger partial charge in [-0.2, -0.15) is 0 Å². The van der Waals surface area contributed by atoms with E-state index in [-0.39, 0.29) is 0 Å². The van der Waals surface area contributed by atoms with Crippen molar-refractivity contribution < 1.29 is 13.3 Å². The van der Waals surface area contributed by atoms with Gasteiger partial charge in [-0.1, -0.05) is 0 Å². The Morgan fingerprint density at radius 1 is 1.71 bits per heavy atom. The van der Waals surface area contributed by atoms with Gasteiger partial charge in [-0.3, -0.25) is 0 Å². The fraction of sp³-hybridized carbons (Fsp3) is 1.00. The van der Waals surface area contributed by atoms with Gasteiger partial charge in [-0.05, 0) is 0 Å². The largest absolute Gasteiger partial charge is 0.426 e. The molecule has 0 aliphatic carbocycles. The first-order valence-corrected chi connectivity index (χ1v) is 2.89. The highest BCUT2D eigenvalue weighted by molar-refractivity contribution is 6.27. The number of nitrogens with zero attached hydrogens (tertiary/aromatic N) is 1. The molecule has 0 unspecified atom stereocenters. The topological polar surface area (TPSA) is 38.7 Å². The van der Waals surface area contributed by atoms with E-state index in [1.165, 1.54) is 0 Å². The van der Waals surface area contributed by atoms with Crippen molar-refractivity contribution >= 4 is 9.76 Å². The Balaban J connectivity index is 2.81. The molecule has 3 nitrogen and oxygen atoms in total. The van der Waals surface area contributed by atoms with Crippen LogP contribution in [-0.4, -0.2) is 15.8 Å². The minimum atomic E-state index is -2.47. The summed E-state index contributed by atoms with van der Waals surface area (Å²) in [6.07, 6.45) is 0. The lowest BCUT2D eigenvalue weighted by Gasteiger charge is -1.88. The Morgan fingerprint density at radius 3 is 2.43 bits per heavy atom. The molecule has 0 radical (unpaired) electrons. The van der Waals surface area contributed by atoms with Crippen LogP contribution in [0.15, 0.2) is 5.34 Å². The van der Waals surface area contributed by atoms with Gasteiger partial charge in [-0.15, -0.1) is 4.91 Å². The van der Waals surface area contributed by atoms with Crippen molar-refractivity contribution in [3.05, 3.63) is 4.91 Å². The lowest BCUT2D eigenvalue weighted by molar-refractivity contribution is 0.201. The molecule has 7 heavy (non-hydrogen) atoms. The zero-order chi connectivity index (χ0) is 5.70. The summed E-state index contributed by atoms with van der Waals surface area (Å²) in [6.45, 7) is 0. The highest BCUT2D eigenvalue weighted by Crippen LogP contribution is 1.87. The second-order valence-corrected chi connectivity index (χ2v) is 1.97. The van der Waals surface area contributed by atoms with Crippen LogP contribution in [0, 0.1) is 4.91 Å². The minimum Gasteiger partial charge on any atom is -0.426 e. The first-order valence-electron chi connectivity index (χ1n) is 1.50. The molecule has 0 heterocycles. The predicted molar refractivity (Wildman–Crippen MR) is 21.4 cm³/mol. The molecule has 0 bridgehead atoms. The van der Waals surface area contributed by atoms with Crippen molar-refractivity contribution in [2.75, 3.05) is 0 Å². The summed E-state index contributed by atoms with van der Waals surface area (Å²) >= 11 is 0. The summed E-state index contributed by atoms with van der Waals surface area (Å²) in [5.41, 5.74) is 0. The third-order valence-corrected chi connectivity index (χ3v) is 0.760. The average molecular weight is 127 g/mol. The van der Waals surface area contributed by atoms with Gasteiger partial charge in [0.2, 0.25) is 0 Å². The number of rotatable bonds is 3. The van der Waals surface area contributed by atoms with Crippen molar-refractivity contribution in [2.45, 2.75) is 6.05 Å². The molecule has 0 aromatic heterocycles. The van der Waals surface area contributed by atoms with Gasteiger partial charge in [-0.25, -0.2) is 8.78 Å². The van der Waals surface area contributed by atoms with Crippen LogP contribution in [-0.2, 0) is 4.53 Å². The van der Waals surface area contributed by atoms with Crippen molar-refractivity contribution in [3.63, 3.8) is 0 Å². The highest BCUT2D eigenvalue weighted by atomic mass is 28.2. The van der Waals surface area contributed by atoms with Crippen molar-refractivity contribution in [3.8, 4) is 0 Å². The van der Waals surface area contributed by atoms with Gasteiger partial charge in [0.05, 0.1) is 0 Å². The SMILES string of the molecule is O=NO[SiH2]C(F)F. The maximum absolute atomic E-state index is 11.0. The average Bonchev–Trinajstić information content (AvgIpc) is 1.61. The van der Waals surface area contributed by atoms with Crippen LogP contribution in [0.4, 0.5) is 8.78 Å². The number of hydrogen-bond acceptors (Lipinski definition) is 3. The molecule has 0 spiro atoms. The maximum Gasteiger partial charge on any atom is 0.334 e. The van der Waals surface area contributed by atoms with Crippen LogP contribution in [0.2, 0.25) is 0 Å². The van der Waals surface area contributed by atoms with Gasteiger partial charge in [0.25, 0.3) is 6.05 Å². The highest BCUT2D eigenvalue weighted by Gasteiger charge is 2.03. The molecule has 0 aliphatic heterocycles. The molecule has 0 atom stereocenters. The van der Waals surface area contributed by atoms with Crippen LogP contribution in [0.5, 0.6) is 0 Å². The third kappa shape index (κ3) is 5.48. The molecule has 6 heteroatoms. The van der Waals surface area contributed by atoms with Crippen molar-refractivity contribution in [1.82, 2.24) is 0 Å². The van der Waals surface area contributed by atoms with E-state index in [4.69, 9.17) is 4.91 Å². The molecule has 0 aromatic rings. The molecule has 0 aliphatic rings. The van der Waals surface area contributed by atoms with Crippen molar-refractivity contribution in [2.24, 2.45) is 5.34 Å².